The van der Waals surface area contributed by atoms with Crippen LogP contribution in [0.15, 0.2) is 59.1 Å². The second-order valence-electron chi connectivity index (χ2n) is 5.79. The third-order valence-electron chi connectivity index (χ3n) is 3.86. The number of anilines is 1. The lowest BCUT2D eigenvalue weighted by molar-refractivity contribution is 0.0949. The van der Waals surface area contributed by atoms with Crippen molar-refractivity contribution in [3.8, 4) is 0 Å². The van der Waals surface area contributed by atoms with Gasteiger partial charge in [0.25, 0.3) is 5.91 Å². The van der Waals surface area contributed by atoms with Gasteiger partial charge in [0.2, 0.25) is 5.76 Å². The number of rotatable bonds is 4. The summed E-state index contributed by atoms with van der Waals surface area (Å²) in [6.07, 6.45) is 0. The molecule has 2 aromatic heterocycles. The Balaban J connectivity index is 1.78. The van der Waals surface area contributed by atoms with Gasteiger partial charge in [0, 0.05) is 6.07 Å². The molecule has 26 heavy (non-hydrogen) atoms. The number of hydrogen-bond donors (Lipinski definition) is 0. The van der Waals surface area contributed by atoms with Gasteiger partial charge in [-0.25, -0.2) is 4.98 Å². The Kier molecular flexibility index (Phi) is 4.44. The zero-order valence-electron chi connectivity index (χ0n) is 13.8. The molecule has 130 valence electrons. The van der Waals surface area contributed by atoms with Crippen LogP contribution in [0.1, 0.15) is 21.8 Å². The predicted octanol–water partition coefficient (Wildman–Crippen LogP) is 5.09. The van der Waals surface area contributed by atoms with Crippen molar-refractivity contribution in [2.24, 2.45) is 0 Å². The molecule has 0 aliphatic heterocycles. The van der Waals surface area contributed by atoms with E-state index in [-0.39, 0.29) is 11.7 Å². The van der Waals surface area contributed by atoms with E-state index >= 15 is 0 Å². The van der Waals surface area contributed by atoms with Crippen LogP contribution in [0.4, 0.5) is 5.13 Å². The van der Waals surface area contributed by atoms with Crippen molar-refractivity contribution in [1.29, 1.82) is 0 Å². The van der Waals surface area contributed by atoms with Crippen LogP contribution in [-0.4, -0.2) is 16.0 Å². The van der Waals surface area contributed by atoms with Gasteiger partial charge in [0.05, 0.1) is 22.0 Å². The fourth-order valence-corrected chi connectivity index (χ4v) is 3.87. The van der Waals surface area contributed by atoms with Crippen LogP contribution in [0.2, 0.25) is 5.02 Å². The highest BCUT2D eigenvalue weighted by Crippen LogP contribution is 2.34. The number of benzene rings is 2. The molecule has 0 bridgehead atoms. The van der Waals surface area contributed by atoms with Crippen molar-refractivity contribution in [3.05, 3.63) is 76.6 Å². The fraction of sp³-hybridized carbons (Fsp3) is 0.105. The van der Waals surface area contributed by atoms with E-state index in [9.17, 15) is 4.79 Å². The van der Waals surface area contributed by atoms with Gasteiger partial charge in [0.1, 0.15) is 5.52 Å². The summed E-state index contributed by atoms with van der Waals surface area (Å²) < 4.78 is 6.10. The molecule has 4 rings (SSSR count). The maximum Gasteiger partial charge on any atom is 0.298 e. The van der Waals surface area contributed by atoms with E-state index < -0.39 is 0 Å². The third kappa shape index (κ3) is 3.21. The smallest absolute Gasteiger partial charge is 0.298 e. The topological polar surface area (TPSA) is 59.2 Å². The van der Waals surface area contributed by atoms with E-state index in [1.807, 2.05) is 42.5 Å². The average Bonchev–Trinajstić information content (AvgIpc) is 3.27. The molecule has 0 aliphatic carbocycles. The van der Waals surface area contributed by atoms with Gasteiger partial charge in [-0.1, -0.05) is 64.5 Å². The van der Waals surface area contributed by atoms with Gasteiger partial charge in [-0.2, -0.15) is 0 Å². The van der Waals surface area contributed by atoms with E-state index in [1.54, 1.807) is 24.0 Å². The molecule has 0 aliphatic rings. The normalized spacial score (nSPS) is 11.0. The average molecular weight is 384 g/mol. The minimum absolute atomic E-state index is 0.184. The highest BCUT2D eigenvalue weighted by atomic mass is 35.5. The van der Waals surface area contributed by atoms with Crippen LogP contribution >= 0.6 is 22.9 Å². The van der Waals surface area contributed by atoms with Gasteiger partial charge in [-0.3, -0.25) is 9.69 Å². The lowest BCUT2D eigenvalue weighted by Crippen LogP contribution is -2.30. The number of carbonyl (C=O) groups excluding carboxylic acids is 1. The minimum atomic E-state index is -0.287. The molecule has 0 unspecified atom stereocenters. The van der Waals surface area contributed by atoms with E-state index in [1.165, 1.54) is 11.3 Å². The Morgan fingerprint density at radius 2 is 2.00 bits per heavy atom. The number of aryl methyl sites for hydroxylation is 1. The van der Waals surface area contributed by atoms with Gasteiger partial charge >= 0.3 is 0 Å². The first-order valence-electron chi connectivity index (χ1n) is 7.96. The maximum absolute atomic E-state index is 13.1. The molecule has 0 radical (unpaired) electrons. The predicted molar refractivity (Wildman–Crippen MR) is 103 cm³/mol. The summed E-state index contributed by atoms with van der Waals surface area (Å²) in [4.78, 5) is 19.2. The highest BCUT2D eigenvalue weighted by Gasteiger charge is 2.25. The quantitative estimate of drug-likeness (QED) is 0.492. The number of thiazole rings is 1. The zero-order valence-corrected chi connectivity index (χ0v) is 15.4. The Morgan fingerprint density at radius 3 is 2.69 bits per heavy atom. The van der Waals surface area contributed by atoms with Crippen LogP contribution in [0.5, 0.6) is 0 Å². The summed E-state index contributed by atoms with van der Waals surface area (Å²) in [6, 6.07) is 17.0. The molecule has 0 saturated heterocycles. The van der Waals surface area contributed by atoms with Crippen molar-refractivity contribution in [2.45, 2.75) is 13.5 Å². The Hall–Kier alpha value is -2.70. The molecular formula is C19H14ClN3O2S. The third-order valence-corrected chi connectivity index (χ3v) is 5.21. The second-order valence-corrected chi connectivity index (χ2v) is 7.21. The monoisotopic (exact) mass is 383 g/mol. The van der Waals surface area contributed by atoms with Gasteiger partial charge in [-0.05, 0) is 24.6 Å². The summed E-state index contributed by atoms with van der Waals surface area (Å²) >= 11 is 7.66. The van der Waals surface area contributed by atoms with Crippen molar-refractivity contribution in [2.75, 3.05) is 4.90 Å². The minimum Gasteiger partial charge on any atom is -0.351 e. The first-order chi connectivity index (χ1) is 12.6. The Morgan fingerprint density at radius 1 is 1.19 bits per heavy atom. The second kappa shape index (κ2) is 6.90. The molecule has 5 nitrogen and oxygen atoms in total. The number of carbonyl (C=O) groups is 1. The van der Waals surface area contributed by atoms with E-state index in [0.29, 0.717) is 27.9 Å². The van der Waals surface area contributed by atoms with Gasteiger partial charge in [0.15, 0.2) is 5.13 Å². The largest absolute Gasteiger partial charge is 0.351 e. The van der Waals surface area contributed by atoms with Crippen LogP contribution in [0.25, 0.3) is 10.2 Å². The van der Waals surface area contributed by atoms with Crippen molar-refractivity contribution >= 4 is 44.2 Å². The summed E-state index contributed by atoms with van der Waals surface area (Å²) in [6.45, 7) is 2.15. The van der Waals surface area contributed by atoms with Crippen LogP contribution in [0, 0.1) is 6.92 Å². The first kappa shape index (κ1) is 16.8. The molecule has 2 heterocycles. The fourth-order valence-electron chi connectivity index (χ4n) is 2.61. The summed E-state index contributed by atoms with van der Waals surface area (Å²) in [5, 5.41) is 4.95. The van der Waals surface area contributed by atoms with Crippen LogP contribution < -0.4 is 4.90 Å². The molecule has 7 heteroatoms. The van der Waals surface area contributed by atoms with Gasteiger partial charge < -0.3 is 4.52 Å². The molecule has 0 spiro atoms. The van der Waals surface area contributed by atoms with Crippen molar-refractivity contribution in [3.63, 3.8) is 0 Å². The molecule has 0 atom stereocenters. The lowest BCUT2D eigenvalue weighted by Gasteiger charge is -2.18. The van der Waals surface area contributed by atoms with E-state index in [4.69, 9.17) is 16.1 Å². The Labute approximate surface area is 158 Å². The van der Waals surface area contributed by atoms with Gasteiger partial charge in [-0.15, -0.1) is 0 Å². The van der Waals surface area contributed by atoms with Crippen LogP contribution in [-0.2, 0) is 6.54 Å². The summed E-state index contributed by atoms with van der Waals surface area (Å²) in [7, 11) is 0. The SMILES string of the molecule is Cc1cc(C(=O)N(Cc2ccccc2)c2nc3c(Cl)cccc3s2)on1. The number of para-hydroxylation sites is 1. The molecular weight excluding hydrogens is 370 g/mol. The molecule has 1 amide bonds. The highest BCUT2D eigenvalue weighted by molar-refractivity contribution is 7.22. The molecule has 0 saturated carbocycles. The number of halogens is 1. The number of aromatic nitrogens is 2. The molecule has 2 aromatic carbocycles. The molecule has 0 fully saturated rings. The summed E-state index contributed by atoms with van der Waals surface area (Å²) in [5.74, 6) is -0.103. The van der Waals surface area contributed by atoms with Crippen molar-refractivity contribution in [1.82, 2.24) is 10.1 Å². The standard InChI is InChI=1S/C19H14ClN3O2S/c1-12-10-15(25-22-12)18(24)23(11-13-6-3-2-4-7-13)19-21-17-14(20)8-5-9-16(17)26-19/h2-10H,11H2,1H3. The number of fused-ring (bicyclic) bond motifs is 1. The zero-order chi connectivity index (χ0) is 18.1. The van der Waals surface area contributed by atoms with Crippen LogP contribution in [0.3, 0.4) is 0 Å². The van der Waals surface area contributed by atoms with E-state index in [0.717, 1.165) is 10.3 Å². The number of nitrogens with zero attached hydrogens (tertiary/aromatic N) is 3. The molecule has 0 N–H and O–H groups in total. The van der Waals surface area contributed by atoms with Crippen molar-refractivity contribution < 1.29 is 9.32 Å². The number of amides is 1. The first-order valence-corrected chi connectivity index (χ1v) is 9.15. The van der Waals surface area contributed by atoms with E-state index in [2.05, 4.69) is 10.1 Å². The molecule has 4 aromatic rings. The Bertz CT molecular complexity index is 1070. The maximum atomic E-state index is 13.1. The number of hydrogen-bond acceptors (Lipinski definition) is 5. The summed E-state index contributed by atoms with van der Waals surface area (Å²) in [5.41, 5.74) is 2.33. The lowest BCUT2D eigenvalue weighted by atomic mass is 10.2.